The first-order valence-corrected chi connectivity index (χ1v) is 26.6. The van der Waals surface area contributed by atoms with Crippen molar-refractivity contribution in [1.29, 1.82) is 0 Å². The van der Waals surface area contributed by atoms with Crippen LogP contribution in [0.25, 0.3) is 0 Å². The molecule has 2 aliphatic rings. The maximum atomic E-state index is 14.9. The molecule has 0 spiro atoms. The number of cyclic esters (lactones) is 2. The normalized spacial score (nSPS) is 25.8. The maximum absolute atomic E-state index is 14.9. The van der Waals surface area contributed by atoms with Crippen molar-refractivity contribution in [3.63, 3.8) is 0 Å². The monoisotopic (exact) mass is 1060 g/mol. The number of ether oxygens (including phenoxy) is 3. The molecule has 2 aromatic carbocycles. The number of amides is 7. The van der Waals surface area contributed by atoms with Crippen LogP contribution in [0.3, 0.4) is 0 Å². The summed E-state index contributed by atoms with van der Waals surface area (Å²) in [6.45, 7) is 17.1. The molecule has 0 saturated carbocycles. The molecule has 76 heavy (non-hydrogen) atoms. The summed E-state index contributed by atoms with van der Waals surface area (Å²) in [7, 11) is 4.35. The predicted molar refractivity (Wildman–Crippen MR) is 284 cm³/mol. The number of benzene rings is 2. The molecule has 420 valence electrons. The van der Waals surface area contributed by atoms with Gasteiger partial charge in [-0.15, -0.1) is 0 Å². The second kappa shape index (κ2) is 28.5. The van der Waals surface area contributed by atoms with Gasteiger partial charge in [-0.2, -0.15) is 0 Å². The van der Waals surface area contributed by atoms with Gasteiger partial charge in [0, 0.05) is 32.7 Å². The summed E-state index contributed by atoms with van der Waals surface area (Å²) in [5, 5.41) is 22.9. The number of carbonyl (C=O) groups is 9. The van der Waals surface area contributed by atoms with Crippen LogP contribution in [-0.4, -0.2) is 155 Å². The minimum atomic E-state index is -1.71. The van der Waals surface area contributed by atoms with E-state index in [1.807, 2.05) is 27.7 Å². The topological polar surface area (TPSA) is 259 Å². The Morgan fingerprint density at radius 3 is 2.09 bits per heavy atom. The zero-order valence-corrected chi connectivity index (χ0v) is 46.6. The van der Waals surface area contributed by atoms with E-state index in [1.165, 1.54) is 49.8 Å². The van der Waals surface area contributed by atoms with Gasteiger partial charge in [-0.25, -0.2) is 9.59 Å². The number of hydrogen-bond donors (Lipinski definition) is 5. The van der Waals surface area contributed by atoms with E-state index in [0.29, 0.717) is 29.8 Å². The Hall–Kier alpha value is -6.57. The summed E-state index contributed by atoms with van der Waals surface area (Å²) in [4.78, 5) is 133. The smallest absolute Gasteiger partial charge is 0.329 e. The summed E-state index contributed by atoms with van der Waals surface area (Å²) in [6.07, 6.45) is -4.06. The van der Waals surface area contributed by atoms with Crippen molar-refractivity contribution in [1.82, 2.24) is 30.7 Å². The van der Waals surface area contributed by atoms with Gasteiger partial charge in [0.25, 0.3) is 0 Å². The van der Waals surface area contributed by atoms with Crippen LogP contribution in [-0.2, 0) is 54.3 Å². The molecular weight excluding hydrogens is 979 g/mol. The van der Waals surface area contributed by atoms with Crippen LogP contribution < -0.4 is 26.0 Å². The largest absolute Gasteiger partial charge is 0.497 e. The number of fused-ring (bicyclic) bond motifs is 1. The zero-order chi connectivity index (χ0) is 56.7. The second-order valence-electron chi connectivity index (χ2n) is 21.5. The van der Waals surface area contributed by atoms with Crippen LogP contribution in [0.4, 0.5) is 10.5 Å². The van der Waals surface area contributed by atoms with Crippen molar-refractivity contribution in [2.75, 3.05) is 33.1 Å². The number of esters is 2. The standard InChI is InChI=1S/C56H83N7O13/c1-14-34(8)46-44(64)30-45(65)76-49(33(6)7)48(66)35(9)50(67)58-40(27-31(2)3)53(70)63-26-18-21-41(63)54(71)61(11)43(29-37-22-24-39(74-13)25-23-37)55(72)75-36(10)47(52(69)59-46)60-51(68)42(28-32(4)5)62(12)56(73)57-38-19-16-15-17-20-38/h15-17,19-20,22-25,31-36,40-44,46-47,49,64H,14,18,21,26-30H2,1-13H3,(H,57,73)(H,58,67)(H,59,69)(H,60,68)/t34-,35-,36+,40-,41?,42+,43-,44-,46+,47-,49-/m0/s1. The number of Topliss-reactive ketones (excluding diaryl/α,β-unsaturated/α-hetero) is 1. The molecule has 2 fully saturated rings. The number of carbonyl (C=O) groups excluding carboxylic acids is 9. The van der Waals surface area contributed by atoms with Crippen molar-refractivity contribution in [3.8, 4) is 5.75 Å². The van der Waals surface area contributed by atoms with Gasteiger partial charge in [0.05, 0.1) is 31.6 Å². The molecule has 0 bridgehead atoms. The molecule has 2 aliphatic heterocycles. The average Bonchev–Trinajstić information content (AvgIpc) is 3.87. The molecule has 2 aromatic rings. The number of anilines is 1. The lowest BCUT2D eigenvalue weighted by Gasteiger charge is -2.36. The average molecular weight is 1060 g/mol. The first-order chi connectivity index (χ1) is 35.8. The third kappa shape index (κ3) is 16.7. The lowest BCUT2D eigenvalue weighted by atomic mass is 9.91. The van der Waals surface area contributed by atoms with Gasteiger partial charge >= 0.3 is 18.0 Å². The van der Waals surface area contributed by atoms with Crippen LogP contribution in [0.15, 0.2) is 54.6 Å². The highest BCUT2D eigenvalue weighted by Crippen LogP contribution is 2.26. The summed E-state index contributed by atoms with van der Waals surface area (Å²) < 4.78 is 17.2. The van der Waals surface area contributed by atoms with E-state index in [-0.39, 0.29) is 44.1 Å². The summed E-state index contributed by atoms with van der Waals surface area (Å²) in [5.74, 6) is -8.66. The number of aliphatic hydroxyl groups is 1. The third-order valence-corrected chi connectivity index (χ3v) is 14.3. The van der Waals surface area contributed by atoms with E-state index < -0.39 is 132 Å². The lowest BCUT2D eigenvalue weighted by Crippen LogP contribution is -2.61. The van der Waals surface area contributed by atoms with Gasteiger partial charge in [0.2, 0.25) is 29.5 Å². The fourth-order valence-corrected chi connectivity index (χ4v) is 9.48. The van der Waals surface area contributed by atoms with E-state index in [2.05, 4.69) is 21.3 Å². The van der Waals surface area contributed by atoms with Gasteiger partial charge in [-0.3, -0.25) is 33.6 Å². The summed E-state index contributed by atoms with van der Waals surface area (Å²) >= 11 is 0. The molecule has 20 heteroatoms. The second-order valence-corrected chi connectivity index (χ2v) is 21.5. The van der Waals surface area contributed by atoms with Crippen LogP contribution in [0.2, 0.25) is 0 Å². The van der Waals surface area contributed by atoms with Gasteiger partial charge in [0.1, 0.15) is 42.1 Å². The van der Waals surface area contributed by atoms with Gasteiger partial charge < -0.3 is 55.3 Å². The Labute approximate surface area is 448 Å². The number of hydrogen-bond acceptors (Lipinski definition) is 13. The molecule has 7 amide bonds. The van der Waals surface area contributed by atoms with Crippen molar-refractivity contribution in [2.24, 2.45) is 29.6 Å². The van der Waals surface area contributed by atoms with E-state index >= 15 is 0 Å². The van der Waals surface area contributed by atoms with Gasteiger partial charge in [-0.05, 0) is 93.0 Å². The maximum Gasteiger partial charge on any atom is 0.329 e. The Morgan fingerprint density at radius 2 is 1.51 bits per heavy atom. The number of likely N-dealkylation sites (N-methyl/N-ethyl adjacent to an activating group) is 2. The Morgan fingerprint density at radius 1 is 0.868 bits per heavy atom. The lowest BCUT2D eigenvalue weighted by molar-refractivity contribution is -0.163. The van der Waals surface area contributed by atoms with Gasteiger partial charge in [-0.1, -0.05) is 92.1 Å². The van der Waals surface area contributed by atoms with Crippen LogP contribution >= 0.6 is 0 Å². The van der Waals surface area contributed by atoms with Crippen LogP contribution in [0.1, 0.15) is 113 Å². The van der Waals surface area contributed by atoms with Crippen LogP contribution in [0, 0.1) is 29.6 Å². The fourth-order valence-electron chi connectivity index (χ4n) is 9.48. The number of para-hydroxylation sites is 1. The minimum absolute atomic E-state index is 0.104. The molecule has 1 unspecified atom stereocenters. The molecule has 11 atom stereocenters. The number of rotatable bonds is 14. The molecule has 4 rings (SSSR count). The number of nitrogens with zero attached hydrogens (tertiary/aromatic N) is 3. The molecule has 2 saturated heterocycles. The molecule has 5 N–H and O–H groups in total. The van der Waals surface area contributed by atoms with Crippen LogP contribution in [0.5, 0.6) is 5.75 Å². The van der Waals surface area contributed by atoms with Crippen molar-refractivity contribution >= 4 is 59.0 Å². The zero-order valence-electron chi connectivity index (χ0n) is 46.6. The number of ketones is 1. The van der Waals surface area contributed by atoms with Crippen molar-refractivity contribution < 1.29 is 62.5 Å². The predicted octanol–water partition coefficient (Wildman–Crippen LogP) is 4.65. The Bertz CT molecular complexity index is 2330. The first-order valence-electron chi connectivity index (χ1n) is 26.6. The van der Waals surface area contributed by atoms with E-state index in [0.717, 1.165) is 0 Å². The van der Waals surface area contributed by atoms with E-state index in [9.17, 15) is 48.3 Å². The van der Waals surface area contributed by atoms with Crippen molar-refractivity contribution in [3.05, 3.63) is 60.2 Å². The minimum Gasteiger partial charge on any atom is -0.497 e. The molecule has 2 heterocycles. The first kappa shape index (κ1) is 62.0. The van der Waals surface area contributed by atoms with E-state index in [4.69, 9.17) is 14.2 Å². The highest BCUT2D eigenvalue weighted by Gasteiger charge is 2.45. The van der Waals surface area contributed by atoms with Gasteiger partial charge in [0.15, 0.2) is 11.9 Å². The molecule has 20 nitrogen and oxygen atoms in total. The SMILES string of the molecule is CC[C@H](C)[C@H]1NC(=O)[C@@H](NC(=O)[C@@H](CC(C)C)N(C)C(=O)Nc2ccccc2)[C@@H](C)OC(=O)[C@H](Cc2ccc(OC)cc2)N(C)C(=O)C2CCCN2C(=O)[C@H](CC(C)C)NC(=O)[C@@H](C)C(=O)[C@H](C(C)C)OC(=O)C[C@@H]1O. The summed E-state index contributed by atoms with van der Waals surface area (Å²) in [5.41, 5.74) is 1.07. The molecular formula is C56H83N7O13. The molecule has 0 radical (unpaired) electrons. The number of nitrogens with one attached hydrogen (secondary N) is 4. The summed E-state index contributed by atoms with van der Waals surface area (Å²) in [6, 6.07) is 7.12. The molecule has 0 aromatic heterocycles. The molecule has 0 aliphatic carbocycles. The highest BCUT2D eigenvalue weighted by molar-refractivity contribution is 6.05. The van der Waals surface area contributed by atoms with Crippen molar-refractivity contribution in [2.45, 2.75) is 169 Å². The number of methoxy groups -OCH3 is 1. The van der Waals surface area contributed by atoms with E-state index in [1.54, 1.807) is 82.3 Å². The number of aliphatic hydroxyl groups excluding tert-OH is 1. The highest BCUT2D eigenvalue weighted by atomic mass is 16.6. The third-order valence-electron chi connectivity index (χ3n) is 14.3. The number of urea groups is 1. The Balaban J connectivity index is 1.88. The fraction of sp³-hybridized carbons (Fsp3) is 0.625. The quantitative estimate of drug-likeness (QED) is 0.128. The Kier molecular flexibility index (Phi) is 23.3.